The van der Waals surface area contributed by atoms with Crippen LogP contribution in [0, 0.1) is 6.92 Å². The molecule has 0 saturated carbocycles. The molecule has 0 amide bonds. The maximum atomic E-state index is 9.75. The fourth-order valence-corrected chi connectivity index (χ4v) is 5.05. The minimum absolute atomic E-state index is 0.196. The van der Waals surface area contributed by atoms with Crippen LogP contribution in [-0.2, 0) is 0 Å². The predicted octanol–water partition coefficient (Wildman–Crippen LogP) is 6.30. The summed E-state index contributed by atoms with van der Waals surface area (Å²) in [5.41, 5.74) is 3.89. The van der Waals surface area contributed by atoms with Gasteiger partial charge >= 0.3 is 0 Å². The van der Waals surface area contributed by atoms with Gasteiger partial charge in [0.1, 0.15) is 23.3 Å². The average Bonchev–Trinajstić information content (AvgIpc) is 3.39. The molecule has 5 nitrogen and oxygen atoms in total. The van der Waals surface area contributed by atoms with Crippen LogP contribution in [0.2, 0.25) is 0 Å². The average molecular weight is 506 g/mol. The summed E-state index contributed by atoms with van der Waals surface area (Å²) in [5.74, 6) is 1.74. The fraction of sp³-hybridized carbons (Fsp3) is 0.120. The lowest BCUT2D eigenvalue weighted by Crippen LogP contribution is -2.29. The minimum atomic E-state index is -0.250. The van der Waals surface area contributed by atoms with E-state index in [1.54, 1.807) is 18.3 Å². The largest absolute Gasteiger partial charge is 0.508 e. The number of furan rings is 1. The first kappa shape index (κ1) is 20.7. The maximum Gasteiger partial charge on any atom is 0.174 e. The molecular formula is C25H20BrN3O2S. The van der Waals surface area contributed by atoms with E-state index in [1.165, 1.54) is 5.56 Å². The molecule has 1 aliphatic rings. The van der Waals surface area contributed by atoms with E-state index in [1.807, 2.05) is 53.4 Å². The van der Waals surface area contributed by atoms with E-state index in [2.05, 4.69) is 45.3 Å². The van der Waals surface area contributed by atoms with Gasteiger partial charge in [-0.2, -0.15) is 0 Å². The Morgan fingerprint density at radius 3 is 2.59 bits per heavy atom. The zero-order chi connectivity index (χ0) is 22.2. The van der Waals surface area contributed by atoms with E-state index in [4.69, 9.17) is 16.6 Å². The fourth-order valence-electron chi connectivity index (χ4n) is 4.01. The normalized spacial score (nSPS) is 18.1. The molecular weight excluding hydrogens is 486 g/mol. The predicted molar refractivity (Wildman–Crippen MR) is 133 cm³/mol. The number of nitrogens with one attached hydrogen (secondary N) is 1. The van der Waals surface area contributed by atoms with Crippen LogP contribution < -0.4 is 10.2 Å². The molecule has 1 aliphatic heterocycles. The molecule has 0 aliphatic carbocycles. The van der Waals surface area contributed by atoms with Crippen LogP contribution in [0.15, 0.2) is 87.9 Å². The highest BCUT2D eigenvalue weighted by molar-refractivity contribution is 9.10. The topological polar surface area (TPSA) is 61.5 Å². The van der Waals surface area contributed by atoms with Crippen molar-refractivity contribution in [3.63, 3.8) is 0 Å². The van der Waals surface area contributed by atoms with Gasteiger partial charge in [0.2, 0.25) is 0 Å². The summed E-state index contributed by atoms with van der Waals surface area (Å²) in [7, 11) is 0. The van der Waals surface area contributed by atoms with Crippen LogP contribution in [0.25, 0.3) is 11.3 Å². The van der Waals surface area contributed by atoms with Gasteiger partial charge in [-0.05, 0) is 85.4 Å². The number of rotatable bonds is 4. The minimum Gasteiger partial charge on any atom is -0.508 e. The number of halogens is 1. The molecule has 2 aromatic heterocycles. The second-order valence-corrected chi connectivity index (χ2v) is 8.94. The number of aromatic hydroxyl groups is 1. The van der Waals surface area contributed by atoms with E-state index in [0.29, 0.717) is 5.11 Å². The molecule has 0 radical (unpaired) electrons. The highest BCUT2D eigenvalue weighted by Crippen LogP contribution is 2.43. The monoisotopic (exact) mass is 505 g/mol. The molecule has 160 valence electrons. The molecule has 2 N–H and O–H groups in total. The van der Waals surface area contributed by atoms with Crippen LogP contribution in [0.5, 0.6) is 5.75 Å². The second-order valence-electron chi connectivity index (χ2n) is 7.70. The summed E-state index contributed by atoms with van der Waals surface area (Å²) in [5, 5.41) is 13.7. The maximum absolute atomic E-state index is 9.75. The number of hydrogen-bond acceptors (Lipinski definition) is 4. The molecule has 1 saturated heterocycles. The van der Waals surface area contributed by atoms with Gasteiger partial charge in [-0.1, -0.05) is 28.1 Å². The Kier molecular flexibility index (Phi) is 5.45. The molecule has 2 atom stereocenters. The van der Waals surface area contributed by atoms with Gasteiger partial charge in [0.15, 0.2) is 5.11 Å². The molecule has 3 heterocycles. The van der Waals surface area contributed by atoms with Gasteiger partial charge in [0.05, 0.1) is 11.7 Å². The Labute approximate surface area is 199 Å². The van der Waals surface area contributed by atoms with Gasteiger partial charge in [-0.15, -0.1) is 0 Å². The lowest BCUT2D eigenvalue weighted by atomic mass is 10.0. The first-order chi connectivity index (χ1) is 15.5. The number of anilines is 1. The van der Waals surface area contributed by atoms with Crippen LogP contribution in [-0.4, -0.2) is 15.2 Å². The Bertz CT molecular complexity index is 1270. The quantitative estimate of drug-likeness (QED) is 0.317. The Balaban J connectivity index is 1.60. The van der Waals surface area contributed by atoms with E-state index in [0.717, 1.165) is 32.9 Å². The van der Waals surface area contributed by atoms with Crippen molar-refractivity contribution >= 4 is 38.9 Å². The molecule has 4 aromatic rings. The number of thiocarbonyl (C=S) groups is 1. The molecule has 1 fully saturated rings. The van der Waals surface area contributed by atoms with E-state index < -0.39 is 0 Å². The molecule has 0 bridgehead atoms. The van der Waals surface area contributed by atoms with Crippen LogP contribution in [0.1, 0.15) is 29.1 Å². The van der Waals surface area contributed by atoms with Crippen LogP contribution >= 0.6 is 28.1 Å². The summed E-state index contributed by atoms with van der Waals surface area (Å²) in [6, 6.07) is 22.5. The number of benzene rings is 2. The van der Waals surface area contributed by atoms with Crippen molar-refractivity contribution in [3.05, 3.63) is 100 Å². The zero-order valence-electron chi connectivity index (χ0n) is 17.2. The second kappa shape index (κ2) is 8.41. The third-order valence-corrected chi connectivity index (χ3v) is 6.50. The van der Waals surface area contributed by atoms with Crippen molar-refractivity contribution in [2.24, 2.45) is 0 Å². The van der Waals surface area contributed by atoms with Gasteiger partial charge in [0, 0.05) is 21.9 Å². The van der Waals surface area contributed by atoms with Crippen molar-refractivity contribution in [2.75, 3.05) is 4.90 Å². The Morgan fingerprint density at radius 1 is 1.06 bits per heavy atom. The smallest absolute Gasteiger partial charge is 0.174 e. The number of aryl methyl sites for hydroxylation is 1. The highest BCUT2D eigenvalue weighted by atomic mass is 79.9. The summed E-state index contributed by atoms with van der Waals surface area (Å²) < 4.78 is 7.38. The van der Waals surface area contributed by atoms with Gasteiger partial charge in [-0.25, -0.2) is 0 Å². The van der Waals surface area contributed by atoms with E-state index in [9.17, 15) is 5.11 Å². The van der Waals surface area contributed by atoms with Crippen LogP contribution in [0.3, 0.4) is 0 Å². The molecule has 0 spiro atoms. The van der Waals surface area contributed by atoms with Crippen molar-refractivity contribution in [1.82, 2.24) is 10.3 Å². The van der Waals surface area contributed by atoms with Gasteiger partial charge < -0.3 is 19.7 Å². The number of aromatic nitrogens is 1. The number of phenols is 1. The van der Waals surface area contributed by atoms with E-state index in [-0.39, 0.29) is 17.8 Å². The summed E-state index contributed by atoms with van der Waals surface area (Å²) in [6.45, 7) is 2.06. The number of pyridine rings is 1. The van der Waals surface area contributed by atoms with Gasteiger partial charge in [0.25, 0.3) is 0 Å². The standard InChI is InChI=1S/C25H20BrN3O2S/c1-15-5-10-18(19(26)14-15)21-11-12-22(31-21)24-23(20-4-2-3-13-27-20)28-25(32)29(24)16-6-8-17(30)9-7-16/h2-14,23-24,30H,1H3,(H,28,32)/t23-,24-/m1/s1. The van der Waals surface area contributed by atoms with Crippen molar-refractivity contribution in [1.29, 1.82) is 0 Å². The van der Waals surface area contributed by atoms with E-state index >= 15 is 0 Å². The van der Waals surface area contributed by atoms with Crippen molar-refractivity contribution in [2.45, 2.75) is 19.0 Å². The third kappa shape index (κ3) is 3.78. The SMILES string of the molecule is Cc1ccc(-c2ccc([C@@H]3[C@@H](c4ccccn4)NC(=S)N3c3ccc(O)cc3)o2)c(Br)c1. The molecule has 7 heteroatoms. The summed E-state index contributed by atoms with van der Waals surface area (Å²) >= 11 is 9.37. The first-order valence-electron chi connectivity index (χ1n) is 10.2. The molecule has 0 unspecified atom stereocenters. The number of hydrogen-bond donors (Lipinski definition) is 2. The highest BCUT2D eigenvalue weighted by Gasteiger charge is 2.42. The first-order valence-corrected chi connectivity index (χ1v) is 11.4. The van der Waals surface area contributed by atoms with Crippen LogP contribution in [0.4, 0.5) is 5.69 Å². The van der Waals surface area contributed by atoms with Crippen molar-refractivity contribution in [3.8, 4) is 17.1 Å². The zero-order valence-corrected chi connectivity index (χ0v) is 19.6. The molecule has 5 rings (SSSR count). The van der Waals surface area contributed by atoms with Gasteiger partial charge in [-0.3, -0.25) is 4.98 Å². The third-order valence-electron chi connectivity index (χ3n) is 5.53. The molecule has 32 heavy (non-hydrogen) atoms. The Hall–Kier alpha value is -3.16. The van der Waals surface area contributed by atoms with Crippen molar-refractivity contribution < 1.29 is 9.52 Å². The Morgan fingerprint density at radius 2 is 1.88 bits per heavy atom. The lowest BCUT2D eigenvalue weighted by Gasteiger charge is -2.26. The number of nitrogens with zero attached hydrogens (tertiary/aromatic N) is 2. The number of phenolic OH excluding ortho intramolecular Hbond substituents is 1. The summed E-state index contributed by atoms with van der Waals surface area (Å²) in [6.07, 6.45) is 1.78. The molecule has 2 aromatic carbocycles. The summed E-state index contributed by atoms with van der Waals surface area (Å²) in [4.78, 5) is 6.58. The lowest BCUT2D eigenvalue weighted by molar-refractivity contribution is 0.439.